The Bertz CT molecular complexity index is 792. The van der Waals surface area contributed by atoms with Crippen LogP contribution in [0.3, 0.4) is 0 Å². The van der Waals surface area contributed by atoms with Crippen molar-refractivity contribution < 1.29 is 17.9 Å². The van der Waals surface area contributed by atoms with Gasteiger partial charge in [0.05, 0.1) is 16.4 Å². The minimum absolute atomic E-state index is 0.177. The van der Waals surface area contributed by atoms with Gasteiger partial charge in [0, 0.05) is 0 Å². The van der Waals surface area contributed by atoms with E-state index in [1.165, 1.54) is 0 Å². The fraction of sp³-hybridized carbons (Fsp3) is 0.294. The standard InChI is InChI=1S/C17H18O4S/c1-12-5-3-4-6-16(12)22(18,19)17-8-7-14(9-13(17)2)20-10-15-11-21-15/h3-9,15H,10-11H2,1-2H3. The number of hydrogen-bond donors (Lipinski definition) is 0. The number of sulfone groups is 1. The average Bonchev–Trinajstić information content (AvgIpc) is 3.29. The maximum atomic E-state index is 12.8. The molecule has 0 aliphatic carbocycles. The predicted molar refractivity (Wildman–Crippen MR) is 83.0 cm³/mol. The van der Waals surface area contributed by atoms with Crippen LogP contribution >= 0.6 is 0 Å². The molecule has 1 atom stereocenters. The Hall–Kier alpha value is -1.85. The first-order valence-electron chi connectivity index (χ1n) is 7.14. The van der Waals surface area contributed by atoms with Crippen LogP contribution < -0.4 is 4.74 Å². The molecule has 5 heteroatoms. The number of benzene rings is 2. The van der Waals surface area contributed by atoms with Crippen LogP contribution in [0.1, 0.15) is 11.1 Å². The van der Waals surface area contributed by atoms with Gasteiger partial charge in [-0.15, -0.1) is 0 Å². The molecule has 0 bridgehead atoms. The summed E-state index contributed by atoms with van der Waals surface area (Å²) in [5.74, 6) is 0.664. The van der Waals surface area contributed by atoms with Crippen LogP contribution in [0.2, 0.25) is 0 Å². The summed E-state index contributed by atoms with van der Waals surface area (Å²) in [5, 5.41) is 0. The van der Waals surface area contributed by atoms with E-state index in [0.717, 1.165) is 12.2 Å². The third-order valence-electron chi connectivity index (χ3n) is 3.66. The van der Waals surface area contributed by atoms with Crippen molar-refractivity contribution in [1.82, 2.24) is 0 Å². The third kappa shape index (κ3) is 3.00. The molecule has 2 aromatic rings. The van der Waals surface area contributed by atoms with Crippen molar-refractivity contribution in [3.05, 3.63) is 53.6 Å². The summed E-state index contributed by atoms with van der Waals surface area (Å²) < 4.78 is 36.3. The maximum Gasteiger partial charge on any atom is 0.207 e. The average molecular weight is 318 g/mol. The van der Waals surface area contributed by atoms with Gasteiger partial charge in [-0.1, -0.05) is 18.2 Å². The Balaban J connectivity index is 1.92. The first-order valence-corrected chi connectivity index (χ1v) is 8.62. The SMILES string of the molecule is Cc1ccccc1S(=O)(=O)c1ccc(OCC2CO2)cc1C. The molecule has 0 radical (unpaired) electrons. The van der Waals surface area contributed by atoms with Gasteiger partial charge < -0.3 is 9.47 Å². The second-order valence-corrected chi connectivity index (χ2v) is 7.35. The molecule has 22 heavy (non-hydrogen) atoms. The second kappa shape index (κ2) is 5.74. The molecule has 0 amide bonds. The Morgan fingerprint density at radius 2 is 1.77 bits per heavy atom. The first-order chi connectivity index (χ1) is 10.5. The molecule has 0 saturated carbocycles. The van der Waals surface area contributed by atoms with Crippen molar-refractivity contribution in [2.24, 2.45) is 0 Å². The molecular formula is C17H18O4S. The topological polar surface area (TPSA) is 55.9 Å². The highest BCUT2D eigenvalue weighted by Gasteiger charge is 2.24. The maximum absolute atomic E-state index is 12.8. The monoisotopic (exact) mass is 318 g/mol. The highest BCUT2D eigenvalue weighted by Crippen LogP contribution is 2.28. The summed E-state index contributed by atoms with van der Waals surface area (Å²) >= 11 is 0. The van der Waals surface area contributed by atoms with Gasteiger partial charge in [-0.05, 0) is 49.2 Å². The number of epoxide rings is 1. The molecule has 1 aliphatic heterocycles. The minimum atomic E-state index is -3.52. The van der Waals surface area contributed by atoms with Crippen molar-refractivity contribution in [2.75, 3.05) is 13.2 Å². The summed E-state index contributed by atoms with van der Waals surface area (Å²) in [6, 6.07) is 12.1. The van der Waals surface area contributed by atoms with Gasteiger partial charge >= 0.3 is 0 Å². The van der Waals surface area contributed by atoms with Crippen molar-refractivity contribution in [2.45, 2.75) is 29.7 Å². The Morgan fingerprint density at radius 3 is 2.41 bits per heavy atom. The lowest BCUT2D eigenvalue weighted by molar-refractivity contribution is 0.263. The van der Waals surface area contributed by atoms with Crippen molar-refractivity contribution in [3.63, 3.8) is 0 Å². The Labute approximate surface area is 130 Å². The van der Waals surface area contributed by atoms with Crippen LogP contribution in [0.4, 0.5) is 0 Å². The van der Waals surface area contributed by atoms with Crippen LogP contribution in [0.25, 0.3) is 0 Å². The van der Waals surface area contributed by atoms with E-state index in [-0.39, 0.29) is 6.10 Å². The summed E-state index contributed by atoms with van der Waals surface area (Å²) in [6.45, 7) is 4.82. The van der Waals surface area contributed by atoms with E-state index in [2.05, 4.69) is 0 Å². The van der Waals surface area contributed by atoms with Crippen LogP contribution in [0, 0.1) is 13.8 Å². The smallest absolute Gasteiger partial charge is 0.207 e. The summed E-state index contributed by atoms with van der Waals surface area (Å²) in [4.78, 5) is 0.662. The zero-order valence-corrected chi connectivity index (χ0v) is 13.4. The van der Waals surface area contributed by atoms with Gasteiger partial charge in [-0.25, -0.2) is 8.42 Å². The number of rotatable bonds is 5. The van der Waals surface area contributed by atoms with E-state index in [1.807, 2.05) is 6.07 Å². The van der Waals surface area contributed by atoms with Crippen LogP contribution in [0.15, 0.2) is 52.3 Å². The summed E-state index contributed by atoms with van der Waals surface area (Å²) in [7, 11) is -3.52. The minimum Gasteiger partial charge on any atom is -0.491 e. The van der Waals surface area contributed by atoms with Crippen molar-refractivity contribution in [3.8, 4) is 5.75 Å². The van der Waals surface area contributed by atoms with E-state index < -0.39 is 9.84 Å². The van der Waals surface area contributed by atoms with Crippen LogP contribution in [-0.4, -0.2) is 27.7 Å². The number of ether oxygens (including phenoxy) is 2. The second-order valence-electron chi connectivity index (χ2n) is 5.46. The van der Waals surface area contributed by atoms with Gasteiger partial charge in [0.2, 0.25) is 9.84 Å². The molecule has 0 aromatic heterocycles. The fourth-order valence-electron chi connectivity index (χ4n) is 2.34. The highest BCUT2D eigenvalue weighted by atomic mass is 32.2. The zero-order chi connectivity index (χ0) is 15.7. The molecule has 1 fully saturated rings. The molecule has 1 unspecified atom stereocenters. The summed E-state index contributed by atoms with van der Waals surface area (Å²) in [6.07, 6.45) is 0.177. The van der Waals surface area contributed by atoms with E-state index >= 15 is 0 Å². The molecule has 116 valence electrons. The molecule has 1 aliphatic rings. The Kier molecular flexibility index (Phi) is 3.93. The fourth-order valence-corrected chi connectivity index (χ4v) is 4.06. The zero-order valence-electron chi connectivity index (χ0n) is 12.6. The first kappa shape index (κ1) is 15.1. The molecule has 1 saturated heterocycles. The third-order valence-corrected chi connectivity index (χ3v) is 5.73. The van der Waals surface area contributed by atoms with Gasteiger partial charge in [-0.2, -0.15) is 0 Å². The number of hydrogen-bond acceptors (Lipinski definition) is 4. The van der Waals surface area contributed by atoms with Crippen LogP contribution in [-0.2, 0) is 14.6 Å². The molecular weight excluding hydrogens is 300 g/mol. The van der Waals surface area contributed by atoms with E-state index in [0.29, 0.717) is 27.7 Å². The molecule has 4 nitrogen and oxygen atoms in total. The lowest BCUT2D eigenvalue weighted by atomic mass is 10.2. The van der Waals surface area contributed by atoms with Crippen LogP contribution in [0.5, 0.6) is 5.75 Å². The molecule has 2 aromatic carbocycles. The number of aryl methyl sites for hydroxylation is 2. The molecule has 3 rings (SSSR count). The van der Waals surface area contributed by atoms with Gasteiger partial charge in [0.1, 0.15) is 18.5 Å². The molecule has 1 heterocycles. The van der Waals surface area contributed by atoms with E-state index in [4.69, 9.17) is 9.47 Å². The molecule has 0 spiro atoms. The van der Waals surface area contributed by atoms with Crippen molar-refractivity contribution in [1.29, 1.82) is 0 Å². The van der Waals surface area contributed by atoms with E-state index in [9.17, 15) is 8.42 Å². The van der Waals surface area contributed by atoms with Gasteiger partial charge in [0.25, 0.3) is 0 Å². The lowest BCUT2D eigenvalue weighted by Gasteiger charge is -2.12. The predicted octanol–water partition coefficient (Wildman–Crippen LogP) is 2.91. The van der Waals surface area contributed by atoms with Gasteiger partial charge in [0.15, 0.2) is 0 Å². The highest BCUT2D eigenvalue weighted by molar-refractivity contribution is 7.91. The normalized spacial score (nSPS) is 17.3. The summed E-state index contributed by atoms with van der Waals surface area (Å²) in [5.41, 5.74) is 1.42. The Morgan fingerprint density at radius 1 is 1.09 bits per heavy atom. The lowest BCUT2D eigenvalue weighted by Crippen LogP contribution is -2.07. The quantitative estimate of drug-likeness (QED) is 0.795. The van der Waals surface area contributed by atoms with Gasteiger partial charge in [-0.3, -0.25) is 0 Å². The van der Waals surface area contributed by atoms with Crippen molar-refractivity contribution >= 4 is 9.84 Å². The molecule has 0 N–H and O–H groups in total. The van der Waals surface area contributed by atoms with E-state index in [1.54, 1.807) is 50.2 Å². The largest absolute Gasteiger partial charge is 0.491 e.